The topological polar surface area (TPSA) is 63.0 Å². The minimum absolute atomic E-state index is 0. The van der Waals surface area contributed by atoms with E-state index in [9.17, 15) is 8.78 Å². The molecule has 2 rings (SSSR count). The van der Waals surface area contributed by atoms with Gasteiger partial charge < -0.3 is 10.2 Å². The Morgan fingerprint density at radius 3 is 2.53 bits per heavy atom. The van der Waals surface area contributed by atoms with Crippen molar-refractivity contribution in [2.45, 2.75) is 0 Å². The van der Waals surface area contributed by atoms with Crippen LogP contribution in [0.2, 0.25) is 0 Å². The van der Waals surface area contributed by atoms with Crippen molar-refractivity contribution in [1.82, 2.24) is 0 Å². The molecule has 2 aromatic rings. The van der Waals surface area contributed by atoms with Crippen LogP contribution < -0.4 is 5.73 Å². The summed E-state index contributed by atoms with van der Waals surface area (Å²) < 4.78 is 30.8. The van der Waals surface area contributed by atoms with Gasteiger partial charge in [-0.25, -0.2) is 8.78 Å². The molecule has 0 amide bonds. The molecular weight excluding hydrogens is 226 g/mol. The van der Waals surface area contributed by atoms with Gasteiger partial charge in [-0.05, 0) is 6.07 Å². The molecule has 0 saturated carbocycles. The van der Waals surface area contributed by atoms with Crippen molar-refractivity contribution in [3.05, 3.63) is 35.6 Å². The Hall–Kier alpha value is -1.62. The molecule has 1 heterocycles. The molecule has 0 unspecified atom stereocenters. The van der Waals surface area contributed by atoms with Crippen molar-refractivity contribution in [2.75, 3.05) is 0 Å². The van der Waals surface area contributed by atoms with Gasteiger partial charge in [0, 0.05) is 12.1 Å². The van der Waals surface area contributed by atoms with Crippen molar-refractivity contribution in [2.24, 2.45) is 5.73 Å². The lowest BCUT2D eigenvalue weighted by Crippen LogP contribution is -2.09. The Balaban J connectivity index is 0.00000112. The van der Waals surface area contributed by atoms with E-state index >= 15 is 0 Å². The van der Waals surface area contributed by atoms with Gasteiger partial charge in [0.1, 0.15) is 17.2 Å². The maximum absolute atomic E-state index is 13.1. The second kappa shape index (κ2) is 3.86. The second-order valence-electron chi connectivity index (χ2n) is 2.82. The number of hydrogen-bond donors (Lipinski definition) is 2. The first-order valence-corrected chi connectivity index (χ1v) is 3.81. The van der Waals surface area contributed by atoms with Crippen molar-refractivity contribution in [3.63, 3.8) is 0 Å². The SMILES string of the molecule is Cl.N=C(N)c1cc2c(F)cc(F)cc2o1. The van der Waals surface area contributed by atoms with Crippen molar-refractivity contribution in [1.29, 1.82) is 5.41 Å². The van der Waals surface area contributed by atoms with E-state index < -0.39 is 11.6 Å². The summed E-state index contributed by atoms with van der Waals surface area (Å²) in [5, 5.41) is 7.18. The molecule has 0 aliphatic carbocycles. The summed E-state index contributed by atoms with van der Waals surface area (Å²) in [4.78, 5) is 0. The van der Waals surface area contributed by atoms with E-state index in [1.807, 2.05) is 0 Å². The molecule has 0 fully saturated rings. The fourth-order valence-corrected chi connectivity index (χ4v) is 1.20. The van der Waals surface area contributed by atoms with Gasteiger partial charge in [0.15, 0.2) is 11.6 Å². The van der Waals surface area contributed by atoms with Crippen LogP contribution in [0.15, 0.2) is 22.6 Å². The first-order valence-electron chi connectivity index (χ1n) is 3.81. The minimum Gasteiger partial charge on any atom is -0.453 e. The summed E-state index contributed by atoms with van der Waals surface area (Å²) in [7, 11) is 0. The fraction of sp³-hybridized carbons (Fsp3) is 0. The number of halogens is 3. The van der Waals surface area contributed by atoms with Crippen LogP contribution >= 0.6 is 12.4 Å². The molecule has 0 saturated heterocycles. The monoisotopic (exact) mass is 232 g/mol. The van der Waals surface area contributed by atoms with Crippen molar-refractivity contribution < 1.29 is 13.2 Å². The van der Waals surface area contributed by atoms with E-state index in [4.69, 9.17) is 15.6 Å². The molecule has 0 atom stereocenters. The number of hydrogen-bond acceptors (Lipinski definition) is 2. The van der Waals surface area contributed by atoms with Crippen molar-refractivity contribution in [3.8, 4) is 0 Å². The number of nitrogens with one attached hydrogen (secondary N) is 1. The molecule has 1 aromatic carbocycles. The van der Waals surface area contributed by atoms with Crippen LogP contribution in [0.1, 0.15) is 5.76 Å². The summed E-state index contributed by atoms with van der Waals surface area (Å²) in [6.07, 6.45) is 0. The highest BCUT2D eigenvalue weighted by atomic mass is 35.5. The van der Waals surface area contributed by atoms with Gasteiger partial charge in [0.2, 0.25) is 0 Å². The number of fused-ring (bicyclic) bond motifs is 1. The number of furan rings is 1. The highest BCUT2D eigenvalue weighted by Gasteiger charge is 2.11. The molecule has 0 aliphatic rings. The van der Waals surface area contributed by atoms with E-state index in [0.717, 1.165) is 12.1 Å². The quantitative estimate of drug-likeness (QED) is 0.586. The summed E-state index contributed by atoms with van der Waals surface area (Å²) in [5.74, 6) is -1.73. The Bertz CT molecular complexity index is 524. The number of rotatable bonds is 1. The predicted octanol–water partition coefficient (Wildman–Crippen LogP) is 2.42. The third-order valence-corrected chi connectivity index (χ3v) is 1.82. The van der Waals surface area contributed by atoms with Crippen LogP contribution in [-0.2, 0) is 0 Å². The largest absolute Gasteiger partial charge is 0.453 e. The summed E-state index contributed by atoms with van der Waals surface area (Å²) in [6.45, 7) is 0. The molecule has 1 aromatic heterocycles. The van der Waals surface area contributed by atoms with Crippen LogP contribution in [0, 0.1) is 17.0 Å². The first kappa shape index (κ1) is 11.5. The Labute approximate surface area is 89.8 Å². The van der Waals surface area contributed by atoms with Gasteiger partial charge in [-0.15, -0.1) is 12.4 Å². The summed E-state index contributed by atoms with van der Waals surface area (Å²) in [5.41, 5.74) is 5.19. The van der Waals surface area contributed by atoms with Crippen LogP contribution in [0.5, 0.6) is 0 Å². The zero-order valence-corrected chi connectivity index (χ0v) is 8.20. The third kappa shape index (κ3) is 1.92. The number of nitrogens with two attached hydrogens (primary N) is 1. The molecule has 3 N–H and O–H groups in total. The molecule has 6 heteroatoms. The Morgan fingerprint density at radius 1 is 1.27 bits per heavy atom. The lowest BCUT2D eigenvalue weighted by molar-refractivity contribution is 0.573. The maximum atomic E-state index is 13.1. The smallest absolute Gasteiger partial charge is 0.169 e. The fourth-order valence-electron chi connectivity index (χ4n) is 1.20. The average molecular weight is 233 g/mol. The van der Waals surface area contributed by atoms with Gasteiger partial charge in [-0.3, -0.25) is 5.41 Å². The summed E-state index contributed by atoms with van der Waals surface area (Å²) >= 11 is 0. The van der Waals surface area contributed by atoms with E-state index in [2.05, 4.69) is 0 Å². The zero-order chi connectivity index (χ0) is 10.3. The number of amidine groups is 1. The predicted molar refractivity (Wildman–Crippen MR) is 54.4 cm³/mol. The van der Waals surface area contributed by atoms with Gasteiger partial charge in [0.05, 0.1) is 5.39 Å². The van der Waals surface area contributed by atoms with E-state index in [0.29, 0.717) is 0 Å². The second-order valence-corrected chi connectivity index (χ2v) is 2.82. The van der Waals surface area contributed by atoms with E-state index in [1.165, 1.54) is 6.07 Å². The Kier molecular flexibility index (Phi) is 2.95. The van der Waals surface area contributed by atoms with Crippen molar-refractivity contribution >= 4 is 29.2 Å². The molecule has 80 valence electrons. The normalized spacial score (nSPS) is 10.0. The van der Waals surface area contributed by atoms with Gasteiger partial charge >= 0.3 is 0 Å². The van der Waals surface area contributed by atoms with E-state index in [1.54, 1.807) is 0 Å². The molecule has 0 bridgehead atoms. The van der Waals surface area contributed by atoms with Gasteiger partial charge in [-0.1, -0.05) is 0 Å². The average Bonchev–Trinajstić information content (AvgIpc) is 2.47. The lowest BCUT2D eigenvalue weighted by atomic mass is 10.2. The third-order valence-electron chi connectivity index (χ3n) is 1.82. The van der Waals surface area contributed by atoms with Crippen LogP contribution in [-0.4, -0.2) is 5.84 Å². The molecule has 3 nitrogen and oxygen atoms in total. The standard InChI is InChI=1S/C9H6F2N2O.ClH/c10-4-1-6(11)5-3-8(9(12)13)14-7(5)2-4;/h1-3H,(H3,12,13);1H. The number of nitrogen functional groups attached to an aromatic ring is 1. The van der Waals surface area contributed by atoms with E-state index in [-0.39, 0.29) is 35.0 Å². The van der Waals surface area contributed by atoms with Crippen LogP contribution in [0.3, 0.4) is 0 Å². The molecule has 0 radical (unpaired) electrons. The van der Waals surface area contributed by atoms with Gasteiger partial charge in [-0.2, -0.15) is 0 Å². The highest BCUT2D eigenvalue weighted by Crippen LogP contribution is 2.23. The van der Waals surface area contributed by atoms with Crippen LogP contribution in [0.4, 0.5) is 8.78 Å². The molecule has 15 heavy (non-hydrogen) atoms. The maximum Gasteiger partial charge on any atom is 0.169 e. The number of benzene rings is 1. The molecule has 0 spiro atoms. The zero-order valence-electron chi connectivity index (χ0n) is 7.38. The van der Waals surface area contributed by atoms with Gasteiger partial charge in [0.25, 0.3) is 0 Å². The molecular formula is C9H7ClF2N2O. The molecule has 0 aliphatic heterocycles. The van der Waals surface area contributed by atoms with Crippen LogP contribution in [0.25, 0.3) is 11.0 Å². The lowest BCUT2D eigenvalue weighted by Gasteiger charge is -1.90. The first-order chi connectivity index (χ1) is 6.58. The summed E-state index contributed by atoms with van der Waals surface area (Å²) in [6, 6.07) is 3.07. The minimum atomic E-state index is -0.726. The highest BCUT2D eigenvalue weighted by molar-refractivity contribution is 5.96. The Morgan fingerprint density at radius 2 is 1.93 bits per heavy atom.